The van der Waals surface area contributed by atoms with E-state index >= 15 is 0 Å². The lowest BCUT2D eigenvalue weighted by Gasteiger charge is -2.10. The molecule has 0 fully saturated rings. The molecule has 0 radical (unpaired) electrons. The molecule has 0 aliphatic carbocycles. The van der Waals surface area contributed by atoms with Gasteiger partial charge in [0.05, 0.1) is 11.4 Å². The van der Waals surface area contributed by atoms with Crippen molar-refractivity contribution in [3.05, 3.63) is 59.1 Å². The van der Waals surface area contributed by atoms with Gasteiger partial charge in [-0.2, -0.15) is 4.73 Å². The number of sulfone groups is 1. The van der Waals surface area contributed by atoms with Crippen LogP contribution in [-0.4, -0.2) is 8.42 Å². The summed E-state index contributed by atoms with van der Waals surface area (Å²) in [6.07, 6.45) is 1.31. The minimum atomic E-state index is -3.73. The summed E-state index contributed by atoms with van der Waals surface area (Å²) in [4.78, 5) is 0.117. The number of benzene rings is 1. The molecule has 0 saturated carbocycles. The molecule has 6 heteroatoms. The smallest absolute Gasteiger partial charge is 0.225 e. The van der Waals surface area contributed by atoms with E-state index in [-0.39, 0.29) is 22.0 Å². The number of pyridine rings is 1. The summed E-state index contributed by atoms with van der Waals surface area (Å²) in [5.74, 6) is 0. The van der Waals surface area contributed by atoms with Crippen molar-refractivity contribution in [3.63, 3.8) is 0 Å². The second kappa shape index (κ2) is 4.99. The van der Waals surface area contributed by atoms with Gasteiger partial charge in [-0.25, -0.2) is 8.42 Å². The van der Waals surface area contributed by atoms with E-state index in [1.54, 1.807) is 25.1 Å². The number of hydrogen-bond donors (Lipinski definition) is 1. The monoisotopic (exact) mass is 278 g/mol. The van der Waals surface area contributed by atoms with Gasteiger partial charge in [0.25, 0.3) is 0 Å². The fourth-order valence-electron chi connectivity index (χ4n) is 1.85. The average Bonchev–Trinajstić information content (AvgIpc) is 2.39. The van der Waals surface area contributed by atoms with Crippen LogP contribution >= 0.6 is 0 Å². The standard InChI is InChI=1S/C13H14N2O3S/c1-10-7-13(12(8-14)15(16)9-10)19(17,18)11-5-3-2-4-6-11/h2-7,9H,8,14H2,1H3. The van der Waals surface area contributed by atoms with E-state index in [4.69, 9.17) is 5.73 Å². The molecule has 0 aliphatic heterocycles. The summed E-state index contributed by atoms with van der Waals surface area (Å²) in [5, 5.41) is 11.7. The summed E-state index contributed by atoms with van der Waals surface area (Å²) < 4.78 is 25.5. The first kappa shape index (κ1) is 13.5. The first-order valence-corrected chi connectivity index (χ1v) is 7.18. The molecule has 0 atom stereocenters. The van der Waals surface area contributed by atoms with Gasteiger partial charge in [-0.1, -0.05) is 18.2 Å². The van der Waals surface area contributed by atoms with Gasteiger partial charge in [0, 0.05) is 5.56 Å². The summed E-state index contributed by atoms with van der Waals surface area (Å²) in [5.41, 5.74) is 6.11. The van der Waals surface area contributed by atoms with Gasteiger partial charge < -0.3 is 10.9 Å². The zero-order valence-corrected chi connectivity index (χ0v) is 11.2. The Balaban J connectivity index is 2.72. The molecule has 0 aliphatic rings. The molecule has 1 aromatic carbocycles. The lowest BCUT2D eigenvalue weighted by Crippen LogP contribution is -2.35. The Morgan fingerprint density at radius 2 is 1.89 bits per heavy atom. The molecule has 1 heterocycles. The maximum absolute atomic E-state index is 12.5. The molecule has 100 valence electrons. The number of aryl methyl sites for hydroxylation is 1. The molecule has 0 bridgehead atoms. The van der Waals surface area contributed by atoms with Crippen molar-refractivity contribution in [1.29, 1.82) is 0 Å². The Morgan fingerprint density at radius 1 is 1.26 bits per heavy atom. The van der Waals surface area contributed by atoms with Crippen LogP contribution in [0.3, 0.4) is 0 Å². The second-order valence-corrected chi connectivity index (χ2v) is 6.09. The predicted molar refractivity (Wildman–Crippen MR) is 69.9 cm³/mol. The predicted octanol–water partition coefficient (Wildman–Crippen LogP) is 0.920. The van der Waals surface area contributed by atoms with E-state index in [0.29, 0.717) is 10.3 Å². The molecular weight excluding hydrogens is 264 g/mol. The molecule has 2 aromatic rings. The SMILES string of the molecule is Cc1cc(S(=O)(=O)c2ccccc2)c(CN)[n+]([O-])c1. The largest absolute Gasteiger partial charge is 0.618 e. The highest BCUT2D eigenvalue weighted by atomic mass is 32.2. The fourth-order valence-corrected chi connectivity index (χ4v) is 3.44. The van der Waals surface area contributed by atoms with Crippen molar-refractivity contribution in [1.82, 2.24) is 0 Å². The van der Waals surface area contributed by atoms with Crippen molar-refractivity contribution in [2.24, 2.45) is 5.73 Å². The molecule has 0 spiro atoms. The van der Waals surface area contributed by atoms with Crippen molar-refractivity contribution in [2.45, 2.75) is 23.3 Å². The van der Waals surface area contributed by atoms with Gasteiger partial charge in [0.1, 0.15) is 4.90 Å². The van der Waals surface area contributed by atoms with E-state index in [2.05, 4.69) is 0 Å². The molecule has 5 nitrogen and oxygen atoms in total. The van der Waals surface area contributed by atoms with Crippen LogP contribution in [0.25, 0.3) is 0 Å². The number of hydrogen-bond acceptors (Lipinski definition) is 4. The van der Waals surface area contributed by atoms with Crippen LogP contribution < -0.4 is 10.5 Å². The molecule has 19 heavy (non-hydrogen) atoms. The highest BCUT2D eigenvalue weighted by molar-refractivity contribution is 7.91. The van der Waals surface area contributed by atoms with Crippen LogP contribution in [-0.2, 0) is 16.4 Å². The third-order valence-electron chi connectivity index (χ3n) is 2.77. The number of aromatic nitrogens is 1. The molecule has 0 saturated heterocycles. The first-order chi connectivity index (χ1) is 8.96. The lowest BCUT2D eigenvalue weighted by atomic mass is 10.3. The average molecular weight is 278 g/mol. The maximum atomic E-state index is 12.5. The van der Waals surface area contributed by atoms with E-state index in [9.17, 15) is 13.6 Å². The van der Waals surface area contributed by atoms with Gasteiger partial charge in [0.15, 0.2) is 6.20 Å². The highest BCUT2D eigenvalue weighted by Crippen LogP contribution is 2.22. The van der Waals surface area contributed by atoms with Gasteiger partial charge in [-0.05, 0) is 25.1 Å². The molecular formula is C13H14N2O3S. The summed E-state index contributed by atoms with van der Waals surface area (Å²) in [6, 6.07) is 9.46. The minimum absolute atomic E-state index is 0.0313. The Labute approximate surface area is 111 Å². The van der Waals surface area contributed by atoms with E-state index < -0.39 is 9.84 Å². The molecule has 2 N–H and O–H groups in total. The quantitative estimate of drug-likeness (QED) is 0.668. The van der Waals surface area contributed by atoms with Gasteiger partial charge in [-0.3, -0.25) is 0 Å². The van der Waals surface area contributed by atoms with Crippen molar-refractivity contribution in [3.8, 4) is 0 Å². The van der Waals surface area contributed by atoms with Crippen LogP contribution in [0.4, 0.5) is 0 Å². The Kier molecular flexibility index (Phi) is 3.55. The van der Waals surface area contributed by atoms with Crippen molar-refractivity contribution >= 4 is 9.84 Å². The Bertz CT molecular complexity index is 697. The van der Waals surface area contributed by atoms with Crippen LogP contribution in [0.15, 0.2) is 52.4 Å². The van der Waals surface area contributed by atoms with Crippen molar-refractivity contribution < 1.29 is 13.1 Å². The van der Waals surface area contributed by atoms with E-state index in [1.807, 2.05) is 0 Å². The molecule has 0 amide bonds. The minimum Gasteiger partial charge on any atom is -0.618 e. The molecule has 2 rings (SSSR count). The summed E-state index contributed by atoms with van der Waals surface area (Å²) in [6.45, 7) is 1.53. The zero-order chi connectivity index (χ0) is 14.0. The van der Waals surface area contributed by atoms with Crippen LogP contribution in [0, 0.1) is 12.1 Å². The Hall–Kier alpha value is -1.92. The first-order valence-electron chi connectivity index (χ1n) is 5.69. The lowest BCUT2D eigenvalue weighted by molar-refractivity contribution is -0.616. The van der Waals surface area contributed by atoms with Gasteiger partial charge >= 0.3 is 0 Å². The highest BCUT2D eigenvalue weighted by Gasteiger charge is 2.26. The van der Waals surface area contributed by atoms with E-state index in [0.717, 1.165) is 0 Å². The number of nitrogens with zero attached hydrogens (tertiary/aromatic N) is 1. The molecule has 0 unspecified atom stereocenters. The summed E-state index contributed by atoms with van der Waals surface area (Å²) >= 11 is 0. The number of nitrogens with two attached hydrogens (primary N) is 1. The van der Waals surface area contributed by atoms with Gasteiger partial charge in [0.2, 0.25) is 15.5 Å². The number of rotatable bonds is 3. The fraction of sp³-hybridized carbons (Fsp3) is 0.154. The topological polar surface area (TPSA) is 87.1 Å². The molecule has 1 aromatic heterocycles. The second-order valence-electron chi connectivity index (χ2n) is 4.17. The normalized spacial score (nSPS) is 11.5. The van der Waals surface area contributed by atoms with Crippen LogP contribution in [0.5, 0.6) is 0 Å². The third kappa shape index (κ3) is 2.45. The van der Waals surface area contributed by atoms with E-state index in [1.165, 1.54) is 24.4 Å². The van der Waals surface area contributed by atoms with Crippen molar-refractivity contribution in [2.75, 3.05) is 0 Å². The Morgan fingerprint density at radius 3 is 2.47 bits per heavy atom. The van der Waals surface area contributed by atoms with Crippen LogP contribution in [0.2, 0.25) is 0 Å². The summed E-state index contributed by atoms with van der Waals surface area (Å²) in [7, 11) is -3.73. The van der Waals surface area contributed by atoms with Gasteiger partial charge in [-0.15, -0.1) is 0 Å². The van der Waals surface area contributed by atoms with Crippen LogP contribution in [0.1, 0.15) is 11.3 Å². The maximum Gasteiger partial charge on any atom is 0.225 e. The third-order valence-corrected chi connectivity index (χ3v) is 4.59. The zero-order valence-electron chi connectivity index (χ0n) is 10.4.